The second-order valence-electron chi connectivity index (χ2n) is 1.35. The van der Waals surface area contributed by atoms with Crippen LogP contribution < -0.4 is 16.6 Å². The summed E-state index contributed by atoms with van der Waals surface area (Å²) in [6, 6.07) is 0. The highest BCUT2D eigenvalue weighted by Crippen LogP contribution is 1.56. The van der Waals surface area contributed by atoms with Crippen LogP contribution >= 0.6 is 0 Å². The average molecular weight is 133 g/mol. The quantitative estimate of drug-likeness (QED) is 0.269. The number of hydrazine groups is 1. The maximum atomic E-state index is 10.3. The minimum absolute atomic E-state index is 0. The Morgan fingerprint density at radius 2 is 2.22 bits per heavy atom. The Labute approximate surface area is 55.8 Å². The molecule has 0 aromatic rings. The zero-order valence-corrected chi connectivity index (χ0v) is 4.90. The van der Waals surface area contributed by atoms with Crippen molar-refractivity contribution in [3.63, 3.8) is 0 Å². The van der Waals surface area contributed by atoms with E-state index in [0.29, 0.717) is 6.54 Å². The van der Waals surface area contributed by atoms with Crippen molar-refractivity contribution >= 4 is 5.91 Å². The zero-order chi connectivity index (χ0) is 6.41. The van der Waals surface area contributed by atoms with Crippen molar-refractivity contribution in [2.24, 2.45) is 5.84 Å². The summed E-state index contributed by atoms with van der Waals surface area (Å²) < 4.78 is 0. The molecule has 4 N–H and O–H groups in total. The van der Waals surface area contributed by atoms with E-state index in [1.54, 1.807) is 0 Å². The first-order valence-corrected chi connectivity index (χ1v) is 2.51. The van der Waals surface area contributed by atoms with E-state index < -0.39 is 0 Å². The van der Waals surface area contributed by atoms with Crippen molar-refractivity contribution in [2.75, 3.05) is 13.1 Å². The lowest BCUT2D eigenvalue weighted by molar-refractivity contribution is -0.120. The van der Waals surface area contributed by atoms with Crippen LogP contribution in [0.3, 0.4) is 0 Å². The van der Waals surface area contributed by atoms with Gasteiger partial charge in [-0.25, -0.2) is 5.84 Å². The second kappa shape index (κ2) is 7.39. The number of carbonyl (C=O) groups is 1. The molecule has 0 aliphatic rings. The zero-order valence-electron chi connectivity index (χ0n) is 4.90. The van der Waals surface area contributed by atoms with E-state index in [4.69, 9.17) is 5.84 Å². The van der Waals surface area contributed by atoms with Gasteiger partial charge in [-0.1, -0.05) is 14.4 Å². The highest BCUT2D eigenvalue weighted by molar-refractivity contribution is 5.77. The van der Waals surface area contributed by atoms with Crippen molar-refractivity contribution in [3.8, 4) is 0 Å². The predicted octanol–water partition coefficient (Wildman–Crippen LogP) is -0.778. The topological polar surface area (TPSA) is 67.2 Å². The number of amides is 1. The van der Waals surface area contributed by atoms with Crippen molar-refractivity contribution in [2.45, 2.75) is 14.4 Å². The molecular formula is C5H15N3O. The third-order valence-corrected chi connectivity index (χ3v) is 0.697. The van der Waals surface area contributed by atoms with Crippen molar-refractivity contribution in [3.05, 3.63) is 0 Å². The molecule has 4 heteroatoms. The van der Waals surface area contributed by atoms with E-state index >= 15 is 0 Å². The molecule has 1 amide bonds. The molecule has 9 heavy (non-hydrogen) atoms. The van der Waals surface area contributed by atoms with Gasteiger partial charge < -0.3 is 5.32 Å². The van der Waals surface area contributed by atoms with Crippen LogP contribution in [0.1, 0.15) is 14.4 Å². The van der Waals surface area contributed by atoms with Gasteiger partial charge in [-0.05, 0) is 6.54 Å². The van der Waals surface area contributed by atoms with Gasteiger partial charge in [-0.2, -0.15) is 0 Å². The minimum atomic E-state index is -0.188. The van der Waals surface area contributed by atoms with Crippen molar-refractivity contribution in [1.29, 1.82) is 0 Å². The molecule has 0 aromatic carbocycles. The van der Waals surface area contributed by atoms with E-state index in [1.807, 2.05) is 12.3 Å². The Morgan fingerprint density at radius 1 is 1.67 bits per heavy atom. The molecule has 0 unspecified atom stereocenters. The first kappa shape index (κ1) is 11.2. The highest BCUT2D eigenvalue weighted by Gasteiger charge is 1.91. The van der Waals surface area contributed by atoms with Crippen LogP contribution in [-0.4, -0.2) is 19.0 Å². The molecule has 0 rings (SSSR count). The smallest absolute Gasteiger partial charge is 0.247 e. The minimum Gasteiger partial charge on any atom is -0.309 e. The average Bonchev–Trinajstić information content (AvgIpc) is 1.83. The monoisotopic (exact) mass is 133 g/mol. The third kappa shape index (κ3) is 7.39. The van der Waals surface area contributed by atoms with Gasteiger partial charge >= 0.3 is 0 Å². The molecule has 4 nitrogen and oxygen atoms in total. The number of hydrogen-bond donors (Lipinski definition) is 3. The van der Waals surface area contributed by atoms with Crippen molar-refractivity contribution in [1.82, 2.24) is 10.7 Å². The first-order valence-electron chi connectivity index (χ1n) is 2.51. The van der Waals surface area contributed by atoms with Gasteiger partial charge in [0.2, 0.25) is 5.91 Å². The van der Waals surface area contributed by atoms with Gasteiger partial charge in [0.15, 0.2) is 0 Å². The predicted molar refractivity (Wildman–Crippen MR) is 37.6 cm³/mol. The number of likely N-dealkylation sites (N-methyl/N-ethyl adjacent to an activating group) is 1. The molecule has 0 saturated heterocycles. The summed E-state index contributed by atoms with van der Waals surface area (Å²) in [7, 11) is 0. The SMILES string of the molecule is C.CCNCC(=O)NN. The van der Waals surface area contributed by atoms with Crippen LogP contribution in [0.5, 0.6) is 0 Å². The van der Waals surface area contributed by atoms with E-state index in [0.717, 1.165) is 6.54 Å². The Kier molecular flexibility index (Phi) is 9.21. The standard InChI is InChI=1S/C4H11N3O.CH4/c1-2-6-3-4(8)7-5;/h6H,2-3,5H2,1H3,(H,7,8);1H4. The maximum Gasteiger partial charge on any atom is 0.247 e. The summed E-state index contributed by atoms with van der Waals surface area (Å²) in [4.78, 5) is 10.3. The Morgan fingerprint density at radius 3 is 2.56 bits per heavy atom. The normalized spacial score (nSPS) is 7.78. The molecule has 0 radical (unpaired) electrons. The summed E-state index contributed by atoms with van der Waals surface area (Å²) in [5, 5.41) is 2.81. The lowest BCUT2D eigenvalue weighted by Gasteiger charge is -1.96. The summed E-state index contributed by atoms with van der Waals surface area (Å²) in [6.07, 6.45) is 0. The highest BCUT2D eigenvalue weighted by atomic mass is 16.2. The number of carbonyl (C=O) groups excluding carboxylic acids is 1. The first-order chi connectivity index (χ1) is 3.81. The largest absolute Gasteiger partial charge is 0.309 e. The Hall–Kier alpha value is -0.610. The molecule has 0 bridgehead atoms. The molecule has 0 aromatic heterocycles. The van der Waals surface area contributed by atoms with Gasteiger partial charge in [0, 0.05) is 0 Å². The maximum absolute atomic E-state index is 10.3. The van der Waals surface area contributed by atoms with Crippen LogP contribution in [0, 0.1) is 0 Å². The van der Waals surface area contributed by atoms with E-state index in [-0.39, 0.29) is 13.3 Å². The van der Waals surface area contributed by atoms with E-state index in [9.17, 15) is 4.79 Å². The molecule has 0 fully saturated rings. The number of nitrogens with one attached hydrogen (secondary N) is 2. The fourth-order valence-electron chi connectivity index (χ4n) is 0.290. The number of hydrogen-bond acceptors (Lipinski definition) is 3. The van der Waals surface area contributed by atoms with Crippen LogP contribution in [0.4, 0.5) is 0 Å². The van der Waals surface area contributed by atoms with E-state index in [2.05, 4.69) is 5.32 Å². The Balaban J connectivity index is 0. The number of rotatable bonds is 3. The van der Waals surface area contributed by atoms with Crippen LogP contribution in [0.15, 0.2) is 0 Å². The van der Waals surface area contributed by atoms with Crippen LogP contribution in [0.25, 0.3) is 0 Å². The second-order valence-corrected chi connectivity index (χ2v) is 1.35. The Bertz CT molecular complexity index is 74.6. The van der Waals surface area contributed by atoms with Gasteiger partial charge in [0.1, 0.15) is 0 Å². The van der Waals surface area contributed by atoms with Crippen LogP contribution in [-0.2, 0) is 4.79 Å². The number of nitrogens with two attached hydrogens (primary N) is 1. The molecule has 0 spiro atoms. The fourth-order valence-corrected chi connectivity index (χ4v) is 0.290. The molecular weight excluding hydrogens is 118 g/mol. The van der Waals surface area contributed by atoms with Gasteiger partial charge in [-0.15, -0.1) is 0 Å². The van der Waals surface area contributed by atoms with Crippen molar-refractivity contribution < 1.29 is 4.79 Å². The van der Waals surface area contributed by atoms with E-state index in [1.165, 1.54) is 0 Å². The summed E-state index contributed by atoms with van der Waals surface area (Å²) >= 11 is 0. The summed E-state index contributed by atoms with van der Waals surface area (Å²) in [6.45, 7) is 3.00. The molecule has 0 aliphatic heterocycles. The molecule has 56 valence electrons. The molecule has 0 aliphatic carbocycles. The molecule has 0 saturated carbocycles. The van der Waals surface area contributed by atoms with Gasteiger partial charge in [-0.3, -0.25) is 10.2 Å². The molecule has 0 heterocycles. The summed E-state index contributed by atoms with van der Waals surface area (Å²) in [5.74, 6) is 4.59. The molecule has 0 atom stereocenters. The lowest BCUT2D eigenvalue weighted by atomic mass is 10.6. The van der Waals surface area contributed by atoms with Crippen LogP contribution in [0.2, 0.25) is 0 Å². The lowest BCUT2D eigenvalue weighted by Crippen LogP contribution is -2.37. The van der Waals surface area contributed by atoms with Gasteiger partial charge in [0.25, 0.3) is 0 Å². The third-order valence-electron chi connectivity index (χ3n) is 0.697. The fraction of sp³-hybridized carbons (Fsp3) is 0.800. The van der Waals surface area contributed by atoms with Gasteiger partial charge in [0.05, 0.1) is 6.54 Å². The summed E-state index contributed by atoms with van der Waals surface area (Å²) in [5.41, 5.74) is 2.00.